The zero-order chi connectivity index (χ0) is 10.2. The molecular formula is C10H19NO3. The maximum absolute atomic E-state index is 9.32. The van der Waals surface area contributed by atoms with Gasteiger partial charge in [-0.15, -0.1) is 0 Å². The third-order valence-corrected chi connectivity index (χ3v) is 3.60. The number of nitrogens with two attached hydrogens (primary N) is 1. The molecule has 0 saturated carbocycles. The minimum absolute atomic E-state index is 0.0894. The quantitative estimate of drug-likeness (QED) is 0.669. The summed E-state index contributed by atoms with van der Waals surface area (Å²) in [5.74, 6) is 0. The van der Waals surface area contributed by atoms with Crippen LogP contribution >= 0.6 is 0 Å². The standard InChI is InChI=1S/C10H19NO3/c1-8-10(11,2-3-14-8)4-9(5-12)6-13-7-9/h8,12H,2-7,11H2,1H3. The fourth-order valence-corrected chi connectivity index (χ4v) is 2.37. The molecule has 0 amide bonds. The molecular weight excluding hydrogens is 182 g/mol. The molecule has 2 saturated heterocycles. The summed E-state index contributed by atoms with van der Waals surface area (Å²) in [5.41, 5.74) is 5.91. The summed E-state index contributed by atoms with van der Waals surface area (Å²) in [4.78, 5) is 0. The van der Waals surface area contributed by atoms with Gasteiger partial charge in [0, 0.05) is 17.6 Å². The third-order valence-electron chi connectivity index (χ3n) is 3.60. The van der Waals surface area contributed by atoms with Crippen LogP contribution in [-0.4, -0.2) is 43.2 Å². The van der Waals surface area contributed by atoms with Crippen molar-refractivity contribution in [1.29, 1.82) is 0 Å². The van der Waals surface area contributed by atoms with Gasteiger partial charge in [0.25, 0.3) is 0 Å². The highest BCUT2D eigenvalue weighted by Crippen LogP contribution is 2.39. The molecule has 0 aromatic rings. The van der Waals surface area contributed by atoms with E-state index in [4.69, 9.17) is 15.2 Å². The summed E-state index contributed by atoms with van der Waals surface area (Å²) >= 11 is 0. The monoisotopic (exact) mass is 201 g/mol. The van der Waals surface area contributed by atoms with Gasteiger partial charge in [-0.25, -0.2) is 0 Å². The molecule has 14 heavy (non-hydrogen) atoms. The zero-order valence-corrected chi connectivity index (χ0v) is 8.66. The van der Waals surface area contributed by atoms with Crippen molar-refractivity contribution in [3.63, 3.8) is 0 Å². The highest BCUT2D eigenvalue weighted by molar-refractivity contribution is 5.02. The largest absolute Gasteiger partial charge is 0.396 e. The van der Waals surface area contributed by atoms with Crippen molar-refractivity contribution in [2.75, 3.05) is 26.4 Å². The second kappa shape index (κ2) is 3.45. The zero-order valence-electron chi connectivity index (χ0n) is 8.66. The van der Waals surface area contributed by atoms with Crippen molar-refractivity contribution < 1.29 is 14.6 Å². The summed E-state index contributed by atoms with van der Waals surface area (Å²) in [6, 6.07) is 0. The Bertz CT molecular complexity index is 212. The first-order valence-corrected chi connectivity index (χ1v) is 5.19. The SMILES string of the molecule is CC1OCCC1(N)CC1(CO)COC1. The Kier molecular flexibility index (Phi) is 2.55. The number of aliphatic hydroxyl groups is 1. The highest BCUT2D eigenvalue weighted by Gasteiger charge is 2.48. The lowest BCUT2D eigenvalue weighted by Gasteiger charge is -2.45. The van der Waals surface area contributed by atoms with Crippen LogP contribution in [0.1, 0.15) is 19.8 Å². The predicted molar refractivity (Wildman–Crippen MR) is 51.9 cm³/mol. The van der Waals surface area contributed by atoms with Crippen LogP contribution in [0.4, 0.5) is 0 Å². The van der Waals surface area contributed by atoms with E-state index in [-0.39, 0.29) is 23.7 Å². The van der Waals surface area contributed by atoms with Gasteiger partial charge in [0.2, 0.25) is 0 Å². The Balaban J connectivity index is 2.01. The van der Waals surface area contributed by atoms with Crippen LogP contribution in [0, 0.1) is 5.41 Å². The number of hydrogen-bond donors (Lipinski definition) is 2. The molecule has 2 fully saturated rings. The summed E-state index contributed by atoms with van der Waals surface area (Å²) in [6.45, 7) is 4.18. The first kappa shape index (κ1) is 10.4. The molecule has 4 heteroatoms. The summed E-state index contributed by atoms with van der Waals surface area (Å²) in [6.07, 6.45) is 1.78. The number of ether oxygens (including phenoxy) is 2. The lowest BCUT2D eigenvalue weighted by molar-refractivity contribution is -0.151. The van der Waals surface area contributed by atoms with Crippen LogP contribution < -0.4 is 5.73 Å². The molecule has 2 atom stereocenters. The van der Waals surface area contributed by atoms with Crippen molar-refractivity contribution in [2.45, 2.75) is 31.4 Å². The van der Waals surface area contributed by atoms with Crippen LogP contribution in [0.5, 0.6) is 0 Å². The van der Waals surface area contributed by atoms with Gasteiger partial charge in [0.05, 0.1) is 25.9 Å². The average molecular weight is 201 g/mol. The molecule has 0 spiro atoms. The number of hydrogen-bond acceptors (Lipinski definition) is 4. The predicted octanol–water partition coefficient (Wildman–Crippen LogP) is -0.108. The van der Waals surface area contributed by atoms with Crippen molar-refractivity contribution in [1.82, 2.24) is 0 Å². The van der Waals surface area contributed by atoms with E-state index in [9.17, 15) is 5.11 Å². The van der Waals surface area contributed by atoms with Crippen LogP contribution in [0.15, 0.2) is 0 Å². The molecule has 0 aliphatic carbocycles. The number of aliphatic hydroxyl groups excluding tert-OH is 1. The van der Waals surface area contributed by atoms with E-state index >= 15 is 0 Å². The summed E-state index contributed by atoms with van der Waals surface area (Å²) in [7, 11) is 0. The minimum Gasteiger partial charge on any atom is -0.396 e. The molecule has 2 unspecified atom stereocenters. The number of rotatable bonds is 3. The van der Waals surface area contributed by atoms with Crippen LogP contribution in [0.3, 0.4) is 0 Å². The van der Waals surface area contributed by atoms with E-state index in [1.165, 1.54) is 0 Å². The van der Waals surface area contributed by atoms with E-state index < -0.39 is 0 Å². The van der Waals surface area contributed by atoms with Gasteiger partial charge in [-0.05, 0) is 19.8 Å². The average Bonchev–Trinajstić information content (AvgIpc) is 2.41. The Morgan fingerprint density at radius 2 is 2.21 bits per heavy atom. The second-order valence-electron chi connectivity index (χ2n) is 4.82. The van der Waals surface area contributed by atoms with Gasteiger partial charge in [-0.1, -0.05) is 0 Å². The van der Waals surface area contributed by atoms with Crippen molar-refractivity contribution in [3.05, 3.63) is 0 Å². The maximum atomic E-state index is 9.32. The fourth-order valence-electron chi connectivity index (χ4n) is 2.37. The van der Waals surface area contributed by atoms with Crippen molar-refractivity contribution >= 4 is 0 Å². The molecule has 0 aromatic carbocycles. The maximum Gasteiger partial charge on any atom is 0.0727 e. The van der Waals surface area contributed by atoms with E-state index in [1.807, 2.05) is 6.92 Å². The lowest BCUT2D eigenvalue weighted by atomic mass is 9.72. The lowest BCUT2D eigenvalue weighted by Crippen LogP contribution is -2.57. The topological polar surface area (TPSA) is 64.7 Å². The molecule has 2 aliphatic heterocycles. The van der Waals surface area contributed by atoms with E-state index in [0.29, 0.717) is 13.2 Å². The second-order valence-corrected chi connectivity index (χ2v) is 4.82. The normalized spacial score (nSPS) is 40.9. The van der Waals surface area contributed by atoms with Gasteiger partial charge in [-0.2, -0.15) is 0 Å². The van der Waals surface area contributed by atoms with Crippen molar-refractivity contribution in [2.24, 2.45) is 11.1 Å². The smallest absolute Gasteiger partial charge is 0.0727 e. The van der Waals surface area contributed by atoms with Crippen LogP contribution in [-0.2, 0) is 9.47 Å². The minimum atomic E-state index is -0.271. The molecule has 82 valence electrons. The molecule has 3 N–H and O–H groups in total. The molecule has 0 aromatic heterocycles. The van der Waals surface area contributed by atoms with E-state index in [0.717, 1.165) is 19.4 Å². The van der Waals surface area contributed by atoms with Crippen LogP contribution in [0.25, 0.3) is 0 Å². The van der Waals surface area contributed by atoms with Gasteiger partial charge in [-0.3, -0.25) is 0 Å². The van der Waals surface area contributed by atoms with Crippen LogP contribution in [0.2, 0.25) is 0 Å². The van der Waals surface area contributed by atoms with Crippen molar-refractivity contribution in [3.8, 4) is 0 Å². The van der Waals surface area contributed by atoms with Gasteiger partial charge >= 0.3 is 0 Å². The molecule has 2 rings (SSSR count). The Labute approximate surface area is 84.4 Å². The van der Waals surface area contributed by atoms with E-state index in [1.54, 1.807) is 0 Å². The van der Waals surface area contributed by atoms with Gasteiger partial charge in [0.15, 0.2) is 0 Å². The fraction of sp³-hybridized carbons (Fsp3) is 1.00. The Morgan fingerprint density at radius 3 is 2.57 bits per heavy atom. The van der Waals surface area contributed by atoms with Gasteiger partial charge in [0.1, 0.15) is 0 Å². The third kappa shape index (κ3) is 1.56. The molecule has 0 bridgehead atoms. The first-order valence-electron chi connectivity index (χ1n) is 5.19. The highest BCUT2D eigenvalue weighted by atomic mass is 16.5. The van der Waals surface area contributed by atoms with E-state index in [2.05, 4.69) is 0 Å². The summed E-state index contributed by atoms with van der Waals surface area (Å²) < 4.78 is 10.6. The molecule has 2 heterocycles. The summed E-state index contributed by atoms with van der Waals surface area (Å²) in [5, 5.41) is 9.32. The van der Waals surface area contributed by atoms with Gasteiger partial charge < -0.3 is 20.3 Å². The molecule has 4 nitrogen and oxygen atoms in total. The first-order chi connectivity index (χ1) is 6.60. The Morgan fingerprint density at radius 1 is 1.50 bits per heavy atom. The Hall–Kier alpha value is -0.160. The molecule has 2 aliphatic rings. The molecule has 0 radical (unpaired) electrons.